The van der Waals surface area contributed by atoms with Gasteiger partial charge in [-0.15, -0.1) is 11.3 Å². The van der Waals surface area contributed by atoms with Gasteiger partial charge >= 0.3 is 0 Å². The molecule has 0 saturated heterocycles. The van der Waals surface area contributed by atoms with Gasteiger partial charge in [0.25, 0.3) is 11.7 Å². The molecule has 1 aromatic heterocycles. The predicted octanol–water partition coefficient (Wildman–Crippen LogP) is 4.00. The summed E-state index contributed by atoms with van der Waals surface area (Å²) in [4.78, 5) is 29.2. The van der Waals surface area contributed by atoms with Crippen molar-refractivity contribution in [3.05, 3.63) is 82.1 Å². The third-order valence-electron chi connectivity index (χ3n) is 3.59. The number of aryl methyl sites for hydroxylation is 1. The van der Waals surface area contributed by atoms with E-state index in [1.54, 1.807) is 42.6 Å². The van der Waals surface area contributed by atoms with E-state index in [0.29, 0.717) is 17.1 Å². The molecule has 0 aliphatic carbocycles. The number of nitrogens with one attached hydrogen (secondary N) is 1. The summed E-state index contributed by atoms with van der Waals surface area (Å²) in [5, 5.41) is 2.89. The Balaban J connectivity index is 1.64. The molecular weight excluding hydrogens is 339 g/mol. The lowest BCUT2D eigenvalue weighted by atomic mass is 10.1. The third-order valence-corrected chi connectivity index (χ3v) is 4.50. The molecule has 0 radical (unpaired) electrons. The van der Waals surface area contributed by atoms with E-state index in [1.807, 2.05) is 6.92 Å². The Morgan fingerprint density at radius 1 is 1.08 bits per heavy atom. The summed E-state index contributed by atoms with van der Waals surface area (Å²) in [6.45, 7) is 1.91. The van der Waals surface area contributed by atoms with E-state index in [2.05, 4.69) is 10.3 Å². The molecule has 1 N–H and O–H groups in total. The Bertz CT molecular complexity index is 902. The number of aromatic nitrogens is 1. The van der Waals surface area contributed by atoms with Gasteiger partial charge < -0.3 is 0 Å². The highest BCUT2D eigenvalue weighted by atomic mass is 32.1. The number of anilines is 1. The van der Waals surface area contributed by atoms with E-state index in [9.17, 15) is 14.0 Å². The van der Waals surface area contributed by atoms with Crippen LogP contribution in [0.2, 0.25) is 0 Å². The second-order valence-corrected chi connectivity index (χ2v) is 6.70. The van der Waals surface area contributed by atoms with Gasteiger partial charge in [-0.05, 0) is 24.6 Å². The highest BCUT2D eigenvalue weighted by Crippen LogP contribution is 2.21. The zero-order valence-corrected chi connectivity index (χ0v) is 14.3. The molecule has 0 fully saturated rings. The first-order valence-electron chi connectivity index (χ1n) is 7.63. The molecule has 4 nitrogen and oxygen atoms in total. The Hall–Kier alpha value is -2.86. The van der Waals surface area contributed by atoms with Crippen molar-refractivity contribution in [2.45, 2.75) is 13.3 Å². The Kier molecular flexibility index (Phi) is 5.00. The maximum absolute atomic E-state index is 12.9. The molecule has 0 spiro atoms. The fraction of sp³-hybridized carbons (Fsp3) is 0.105. The molecule has 25 heavy (non-hydrogen) atoms. The van der Waals surface area contributed by atoms with Crippen LogP contribution in [0.1, 0.15) is 26.4 Å². The van der Waals surface area contributed by atoms with Crippen molar-refractivity contribution in [2.24, 2.45) is 0 Å². The van der Waals surface area contributed by atoms with E-state index < -0.39 is 11.7 Å². The van der Waals surface area contributed by atoms with Crippen molar-refractivity contribution < 1.29 is 14.0 Å². The van der Waals surface area contributed by atoms with Crippen molar-refractivity contribution in [1.82, 2.24) is 4.98 Å². The standard InChI is InChI=1S/C19H15FN2O2S/c1-12-2-6-14(7-3-12)17(23)18(24)22-19-21-11-16(25-19)10-13-4-8-15(20)9-5-13/h2-9,11H,10H2,1H3,(H,21,22,24). The zero-order valence-electron chi connectivity index (χ0n) is 13.5. The number of ketones is 1. The minimum absolute atomic E-state index is 0.282. The molecule has 3 aromatic rings. The first-order chi connectivity index (χ1) is 12.0. The maximum atomic E-state index is 12.9. The monoisotopic (exact) mass is 354 g/mol. The van der Waals surface area contributed by atoms with Crippen molar-refractivity contribution >= 4 is 28.2 Å². The van der Waals surface area contributed by atoms with E-state index in [1.165, 1.54) is 23.5 Å². The average Bonchev–Trinajstić information content (AvgIpc) is 3.04. The number of hydrogen-bond donors (Lipinski definition) is 1. The van der Waals surface area contributed by atoms with Crippen molar-refractivity contribution in [2.75, 3.05) is 5.32 Å². The van der Waals surface area contributed by atoms with Crippen LogP contribution in [-0.2, 0) is 11.2 Å². The smallest absolute Gasteiger partial charge is 0.295 e. The van der Waals surface area contributed by atoms with Gasteiger partial charge in [0, 0.05) is 23.1 Å². The van der Waals surface area contributed by atoms with Gasteiger partial charge in [-0.2, -0.15) is 0 Å². The highest BCUT2D eigenvalue weighted by Gasteiger charge is 2.17. The van der Waals surface area contributed by atoms with Crippen molar-refractivity contribution in [1.29, 1.82) is 0 Å². The van der Waals surface area contributed by atoms with Gasteiger partial charge in [0.2, 0.25) is 0 Å². The minimum Gasteiger partial charge on any atom is -0.295 e. The lowest BCUT2D eigenvalue weighted by Gasteiger charge is -2.01. The third kappa shape index (κ3) is 4.36. The van der Waals surface area contributed by atoms with Gasteiger partial charge in [-0.25, -0.2) is 9.37 Å². The van der Waals surface area contributed by atoms with Crippen LogP contribution in [0.3, 0.4) is 0 Å². The number of carbonyl (C=O) groups is 2. The summed E-state index contributed by atoms with van der Waals surface area (Å²) in [6.07, 6.45) is 2.22. The van der Waals surface area contributed by atoms with Crippen LogP contribution in [0, 0.1) is 12.7 Å². The second kappa shape index (κ2) is 7.36. The quantitative estimate of drug-likeness (QED) is 0.556. The summed E-state index contributed by atoms with van der Waals surface area (Å²) >= 11 is 1.29. The summed E-state index contributed by atoms with van der Waals surface area (Å²) in [7, 11) is 0. The van der Waals surface area contributed by atoms with E-state index >= 15 is 0 Å². The number of rotatable bonds is 5. The van der Waals surface area contributed by atoms with Crippen LogP contribution in [0.15, 0.2) is 54.7 Å². The largest absolute Gasteiger partial charge is 0.298 e. The van der Waals surface area contributed by atoms with Crippen LogP contribution in [0.25, 0.3) is 0 Å². The van der Waals surface area contributed by atoms with Crippen LogP contribution < -0.4 is 5.32 Å². The van der Waals surface area contributed by atoms with Gasteiger partial charge in [0.1, 0.15) is 5.82 Å². The normalized spacial score (nSPS) is 10.5. The lowest BCUT2D eigenvalue weighted by Crippen LogP contribution is -2.22. The van der Waals surface area contributed by atoms with Crippen LogP contribution in [0.4, 0.5) is 9.52 Å². The number of nitrogens with zero attached hydrogens (tertiary/aromatic N) is 1. The molecule has 3 rings (SSSR count). The average molecular weight is 354 g/mol. The highest BCUT2D eigenvalue weighted by molar-refractivity contribution is 7.15. The number of carbonyl (C=O) groups excluding carboxylic acids is 2. The van der Waals surface area contributed by atoms with Gasteiger partial charge in [0.15, 0.2) is 5.13 Å². The second-order valence-electron chi connectivity index (χ2n) is 5.58. The summed E-state index contributed by atoms with van der Waals surface area (Å²) in [5.74, 6) is -1.60. The molecule has 0 atom stereocenters. The van der Waals surface area contributed by atoms with Gasteiger partial charge in [0.05, 0.1) is 0 Å². The summed E-state index contributed by atoms with van der Waals surface area (Å²) < 4.78 is 12.9. The molecule has 6 heteroatoms. The number of benzene rings is 2. The molecule has 0 unspecified atom stereocenters. The van der Waals surface area contributed by atoms with E-state index in [4.69, 9.17) is 0 Å². The molecule has 0 aliphatic rings. The number of thiazole rings is 1. The van der Waals surface area contributed by atoms with Crippen molar-refractivity contribution in [3.8, 4) is 0 Å². The number of amides is 1. The van der Waals surface area contributed by atoms with E-state index in [0.717, 1.165) is 16.0 Å². The fourth-order valence-electron chi connectivity index (χ4n) is 2.24. The molecule has 0 aliphatic heterocycles. The number of hydrogen-bond acceptors (Lipinski definition) is 4. The summed E-state index contributed by atoms with van der Waals surface area (Å²) in [6, 6.07) is 13.0. The topological polar surface area (TPSA) is 59.1 Å². The molecule has 1 heterocycles. The zero-order chi connectivity index (χ0) is 17.8. The van der Waals surface area contributed by atoms with Crippen LogP contribution in [-0.4, -0.2) is 16.7 Å². The molecule has 1 amide bonds. The van der Waals surface area contributed by atoms with Gasteiger partial charge in [-0.3, -0.25) is 14.9 Å². The van der Waals surface area contributed by atoms with Crippen LogP contribution >= 0.6 is 11.3 Å². The lowest BCUT2D eigenvalue weighted by molar-refractivity contribution is -0.112. The molecular formula is C19H15FN2O2S. The molecule has 0 bridgehead atoms. The summed E-state index contributed by atoms with van der Waals surface area (Å²) in [5.41, 5.74) is 2.30. The Labute approximate surface area is 148 Å². The van der Waals surface area contributed by atoms with Crippen molar-refractivity contribution in [3.63, 3.8) is 0 Å². The van der Waals surface area contributed by atoms with Crippen LogP contribution in [0.5, 0.6) is 0 Å². The predicted molar refractivity (Wildman–Crippen MR) is 95.5 cm³/mol. The van der Waals surface area contributed by atoms with E-state index in [-0.39, 0.29) is 5.82 Å². The molecule has 2 aromatic carbocycles. The molecule has 126 valence electrons. The molecule has 0 saturated carbocycles. The Morgan fingerprint density at radius 3 is 2.44 bits per heavy atom. The first-order valence-corrected chi connectivity index (χ1v) is 8.44. The number of halogens is 1. The number of Topliss-reactive ketones (excluding diaryl/α,β-unsaturated/α-hetero) is 1. The SMILES string of the molecule is Cc1ccc(C(=O)C(=O)Nc2ncc(Cc3ccc(F)cc3)s2)cc1. The maximum Gasteiger partial charge on any atom is 0.298 e. The fourth-order valence-corrected chi connectivity index (χ4v) is 3.08. The minimum atomic E-state index is -0.716. The first kappa shape index (κ1) is 17.0. The Morgan fingerprint density at radius 2 is 1.76 bits per heavy atom. The van der Waals surface area contributed by atoms with Gasteiger partial charge in [-0.1, -0.05) is 42.0 Å².